The fourth-order valence-corrected chi connectivity index (χ4v) is 9.43. The first-order chi connectivity index (χ1) is 41.0. The summed E-state index contributed by atoms with van der Waals surface area (Å²) in [6.45, 7) is 6.48. The number of carbonyl (C=O) groups excluding carboxylic acids is 3. The summed E-state index contributed by atoms with van der Waals surface area (Å²) in [6.07, 6.45) is 98.8. The maximum Gasteiger partial charge on any atom is 0.306 e. The third-order valence-corrected chi connectivity index (χ3v) is 14.6. The zero-order valence-electron chi connectivity index (χ0n) is 54.2. The van der Waals surface area contributed by atoms with Crippen LogP contribution < -0.4 is 0 Å². The fraction of sp³-hybridized carbons (Fsp3) is 0.675. The molecule has 83 heavy (non-hydrogen) atoms. The quantitative estimate of drug-likeness (QED) is 0.0261. The second kappa shape index (κ2) is 70.0. The molecule has 0 heterocycles. The minimum atomic E-state index is -0.802. The van der Waals surface area contributed by atoms with E-state index in [-0.39, 0.29) is 31.1 Å². The van der Waals surface area contributed by atoms with Crippen molar-refractivity contribution in [2.24, 2.45) is 0 Å². The normalized spacial score (nSPS) is 13.0. The highest BCUT2D eigenvalue weighted by molar-refractivity contribution is 5.71. The van der Waals surface area contributed by atoms with Gasteiger partial charge in [-0.05, 0) is 141 Å². The summed E-state index contributed by atoms with van der Waals surface area (Å²) in [5.41, 5.74) is 0. The topological polar surface area (TPSA) is 78.9 Å². The minimum absolute atomic E-state index is 0.0948. The van der Waals surface area contributed by atoms with E-state index in [0.717, 1.165) is 135 Å². The van der Waals surface area contributed by atoms with E-state index in [2.05, 4.69) is 154 Å². The SMILES string of the molecule is CC/C=C\C/C=C\C/C=C\C/C=C\C/C=C\C/C=C\CCCCCCC(=O)OCC(COC(=O)CCCCCCCCCCC/C=C\C/C=C\CCCCC)OC(=O)CCCCCCCCCC/C=C\C/C=C\C/C=C\CCCCCCC. The molecule has 0 fully saturated rings. The average molecular weight is 1150 g/mol. The molecule has 0 aromatic carbocycles. The molecule has 0 aromatic heterocycles. The lowest BCUT2D eigenvalue weighted by Gasteiger charge is -2.18. The van der Waals surface area contributed by atoms with E-state index in [1.165, 1.54) is 141 Å². The number of hydrogen-bond acceptors (Lipinski definition) is 6. The summed E-state index contributed by atoms with van der Waals surface area (Å²) in [4.78, 5) is 38.5. The molecule has 0 N–H and O–H groups in total. The van der Waals surface area contributed by atoms with Crippen LogP contribution in [0.5, 0.6) is 0 Å². The van der Waals surface area contributed by atoms with Gasteiger partial charge in [-0.1, -0.05) is 289 Å². The summed E-state index contributed by atoms with van der Waals surface area (Å²) in [7, 11) is 0. The van der Waals surface area contributed by atoms with Crippen molar-refractivity contribution < 1.29 is 28.6 Å². The van der Waals surface area contributed by atoms with Gasteiger partial charge in [0.2, 0.25) is 0 Å². The number of rotatable bonds is 62. The average Bonchev–Trinajstić information content (AvgIpc) is 3.49. The molecule has 472 valence electrons. The van der Waals surface area contributed by atoms with Crippen LogP contribution in [0.25, 0.3) is 0 Å². The van der Waals surface area contributed by atoms with Gasteiger partial charge >= 0.3 is 17.9 Å². The van der Waals surface area contributed by atoms with Crippen molar-refractivity contribution in [2.75, 3.05) is 13.2 Å². The monoisotopic (exact) mass is 1150 g/mol. The Balaban J connectivity index is 4.48. The van der Waals surface area contributed by atoms with Gasteiger partial charge in [-0.25, -0.2) is 0 Å². The molecule has 0 rings (SSSR count). The highest BCUT2D eigenvalue weighted by atomic mass is 16.6. The van der Waals surface area contributed by atoms with Gasteiger partial charge in [-0.3, -0.25) is 14.4 Å². The van der Waals surface area contributed by atoms with Crippen LogP contribution in [0.3, 0.4) is 0 Å². The zero-order chi connectivity index (χ0) is 59.9. The summed E-state index contributed by atoms with van der Waals surface area (Å²) < 4.78 is 17.0. The predicted octanol–water partition coefficient (Wildman–Crippen LogP) is 24.1. The molecule has 6 heteroatoms. The maximum atomic E-state index is 13.0. The summed E-state index contributed by atoms with van der Waals surface area (Å²) >= 11 is 0. The third-order valence-electron chi connectivity index (χ3n) is 14.6. The number of ether oxygens (including phenoxy) is 3. The molecule has 0 aliphatic carbocycles. The second-order valence-electron chi connectivity index (χ2n) is 22.7. The van der Waals surface area contributed by atoms with Gasteiger partial charge in [0.15, 0.2) is 6.10 Å². The van der Waals surface area contributed by atoms with E-state index < -0.39 is 6.10 Å². The smallest absolute Gasteiger partial charge is 0.306 e. The fourth-order valence-electron chi connectivity index (χ4n) is 9.43. The summed E-state index contributed by atoms with van der Waals surface area (Å²) in [5.74, 6) is -0.924. The maximum absolute atomic E-state index is 13.0. The Labute approximate surface area is 513 Å². The Kier molecular flexibility index (Phi) is 66.3. The van der Waals surface area contributed by atoms with Gasteiger partial charge in [-0.15, -0.1) is 0 Å². The van der Waals surface area contributed by atoms with Crippen molar-refractivity contribution in [3.8, 4) is 0 Å². The van der Waals surface area contributed by atoms with Crippen LogP contribution >= 0.6 is 0 Å². The lowest BCUT2D eigenvalue weighted by molar-refractivity contribution is -0.167. The highest BCUT2D eigenvalue weighted by Crippen LogP contribution is 2.16. The molecule has 0 aliphatic heterocycles. The first-order valence-electron chi connectivity index (χ1n) is 34.7. The number of esters is 3. The Morgan fingerprint density at radius 3 is 0.759 bits per heavy atom. The summed E-state index contributed by atoms with van der Waals surface area (Å²) in [5, 5.41) is 0. The van der Waals surface area contributed by atoms with Gasteiger partial charge in [0.05, 0.1) is 0 Å². The van der Waals surface area contributed by atoms with Crippen molar-refractivity contribution in [3.63, 3.8) is 0 Å². The van der Waals surface area contributed by atoms with Gasteiger partial charge < -0.3 is 14.2 Å². The Hall–Kier alpha value is -4.45. The van der Waals surface area contributed by atoms with E-state index in [4.69, 9.17) is 14.2 Å². The van der Waals surface area contributed by atoms with Gasteiger partial charge in [-0.2, -0.15) is 0 Å². The van der Waals surface area contributed by atoms with E-state index in [0.29, 0.717) is 19.3 Å². The number of hydrogen-bond donors (Lipinski definition) is 0. The van der Waals surface area contributed by atoms with Crippen LogP contribution in [0.4, 0.5) is 0 Å². The van der Waals surface area contributed by atoms with Crippen LogP contribution in [0.15, 0.2) is 134 Å². The molecule has 0 saturated carbocycles. The minimum Gasteiger partial charge on any atom is -0.462 e. The molecule has 1 atom stereocenters. The molecule has 0 radical (unpaired) electrons. The number of unbranched alkanes of at least 4 members (excludes halogenated alkanes) is 29. The van der Waals surface area contributed by atoms with Crippen molar-refractivity contribution in [3.05, 3.63) is 134 Å². The number of carbonyl (C=O) groups is 3. The first kappa shape index (κ1) is 78.5. The van der Waals surface area contributed by atoms with Crippen LogP contribution in [-0.4, -0.2) is 37.2 Å². The highest BCUT2D eigenvalue weighted by Gasteiger charge is 2.19. The van der Waals surface area contributed by atoms with Crippen molar-refractivity contribution >= 4 is 17.9 Å². The van der Waals surface area contributed by atoms with E-state index >= 15 is 0 Å². The molecule has 1 unspecified atom stereocenters. The molecule has 0 aromatic rings. The Morgan fingerprint density at radius 2 is 0.470 bits per heavy atom. The molecule has 0 bridgehead atoms. The number of allylic oxidation sites excluding steroid dienone is 22. The molecule has 0 aliphatic rings. The lowest BCUT2D eigenvalue weighted by atomic mass is 10.1. The van der Waals surface area contributed by atoms with E-state index in [1.807, 2.05) is 0 Å². The van der Waals surface area contributed by atoms with Crippen LogP contribution in [0.2, 0.25) is 0 Å². The standard InChI is InChI=1S/C77H128O6/c1-4-7-10-13-16-19-22-25-28-31-34-36-38-40-43-46-49-52-55-58-61-64-67-70-76(79)82-73-74(72-81-75(78)69-66-63-60-57-54-51-48-45-42-33-30-27-24-21-18-15-12-9-6-3)83-77(80)71-68-65-62-59-56-53-50-47-44-41-39-37-35-32-29-26-23-20-17-14-11-8-5-2/h7,10,16,18-19,21,23,25-28,30,32,34-36,39-41,43,49,52,74H,4-6,8-9,11-15,17,20,22,24,29,31,33,37-38,42,44-48,50-51,53-73H2,1-3H3/b10-7-,19-16-,21-18-,26-23-,28-25-,30-27-,35-32-,36-34-,41-39-,43-40-,52-49-. The van der Waals surface area contributed by atoms with Crippen molar-refractivity contribution in [1.29, 1.82) is 0 Å². The largest absolute Gasteiger partial charge is 0.462 e. The predicted molar refractivity (Wildman–Crippen MR) is 362 cm³/mol. The zero-order valence-corrected chi connectivity index (χ0v) is 54.2. The summed E-state index contributed by atoms with van der Waals surface area (Å²) in [6, 6.07) is 0. The Morgan fingerprint density at radius 1 is 0.253 bits per heavy atom. The van der Waals surface area contributed by atoms with Crippen LogP contribution in [0, 0.1) is 0 Å². The van der Waals surface area contributed by atoms with E-state index in [9.17, 15) is 14.4 Å². The molecular weight excluding hydrogens is 1020 g/mol. The van der Waals surface area contributed by atoms with Gasteiger partial charge in [0.25, 0.3) is 0 Å². The lowest BCUT2D eigenvalue weighted by Crippen LogP contribution is -2.30. The van der Waals surface area contributed by atoms with Gasteiger partial charge in [0, 0.05) is 19.3 Å². The second-order valence-corrected chi connectivity index (χ2v) is 22.7. The van der Waals surface area contributed by atoms with Crippen LogP contribution in [0.1, 0.15) is 316 Å². The van der Waals surface area contributed by atoms with Gasteiger partial charge in [0.1, 0.15) is 13.2 Å². The molecular formula is C77H128O6. The van der Waals surface area contributed by atoms with Crippen molar-refractivity contribution in [2.45, 2.75) is 322 Å². The first-order valence-corrected chi connectivity index (χ1v) is 34.7. The molecule has 6 nitrogen and oxygen atoms in total. The van der Waals surface area contributed by atoms with E-state index in [1.54, 1.807) is 0 Å². The van der Waals surface area contributed by atoms with Crippen LogP contribution in [-0.2, 0) is 28.6 Å². The molecule has 0 amide bonds. The molecule has 0 saturated heterocycles. The van der Waals surface area contributed by atoms with Crippen molar-refractivity contribution in [1.82, 2.24) is 0 Å². The Bertz CT molecular complexity index is 1750. The third kappa shape index (κ3) is 68.2. The molecule has 0 spiro atoms.